The largest absolute Gasteiger partial charge is 0.472 e. The van der Waals surface area contributed by atoms with Gasteiger partial charge in [0.1, 0.15) is 6.26 Å². The monoisotopic (exact) mass is 264 g/mol. The van der Waals surface area contributed by atoms with Crippen molar-refractivity contribution < 1.29 is 14.0 Å². The number of rotatable bonds is 4. The first-order chi connectivity index (χ1) is 9.20. The van der Waals surface area contributed by atoms with E-state index in [2.05, 4.69) is 5.32 Å². The highest BCUT2D eigenvalue weighted by molar-refractivity contribution is 5.93. The van der Waals surface area contributed by atoms with E-state index in [1.165, 1.54) is 12.5 Å². The smallest absolute Gasteiger partial charge is 0.257 e. The van der Waals surface area contributed by atoms with Gasteiger partial charge in [0.15, 0.2) is 0 Å². The molecule has 0 spiro atoms. The fourth-order valence-electron chi connectivity index (χ4n) is 2.29. The Morgan fingerprint density at radius 3 is 2.74 bits per heavy atom. The first-order valence-electron chi connectivity index (χ1n) is 6.79. The molecule has 2 rings (SSSR count). The second-order valence-electron chi connectivity index (χ2n) is 4.91. The van der Waals surface area contributed by atoms with Crippen LogP contribution in [0.5, 0.6) is 0 Å². The molecule has 104 valence electrons. The minimum absolute atomic E-state index is 0.0322. The van der Waals surface area contributed by atoms with Gasteiger partial charge in [-0.1, -0.05) is 6.92 Å². The summed E-state index contributed by atoms with van der Waals surface area (Å²) in [7, 11) is 0. The van der Waals surface area contributed by atoms with Gasteiger partial charge in [-0.15, -0.1) is 0 Å². The van der Waals surface area contributed by atoms with Crippen molar-refractivity contribution in [3.05, 3.63) is 24.2 Å². The van der Waals surface area contributed by atoms with Crippen LogP contribution < -0.4 is 5.32 Å². The van der Waals surface area contributed by atoms with Crippen molar-refractivity contribution >= 4 is 11.8 Å². The fraction of sp³-hybridized carbons (Fsp3) is 0.571. The number of likely N-dealkylation sites (tertiary alicyclic amines) is 1. The van der Waals surface area contributed by atoms with Gasteiger partial charge in [0.25, 0.3) is 5.91 Å². The van der Waals surface area contributed by atoms with E-state index < -0.39 is 0 Å². The lowest BCUT2D eigenvalue weighted by Crippen LogP contribution is -2.41. The van der Waals surface area contributed by atoms with Crippen LogP contribution in [0.4, 0.5) is 0 Å². The van der Waals surface area contributed by atoms with E-state index in [4.69, 9.17) is 4.42 Å². The number of carbonyl (C=O) groups is 2. The second kappa shape index (κ2) is 6.41. The zero-order valence-corrected chi connectivity index (χ0v) is 11.2. The van der Waals surface area contributed by atoms with Crippen molar-refractivity contribution in [1.82, 2.24) is 10.2 Å². The quantitative estimate of drug-likeness (QED) is 0.899. The molecule has 0 bridgehead atoms. The Morgan fingerprint density at radius 1 is 1.42 bits per heavy atom. The first kappa shape index (κ1) is 13.6. The molecule has 1 aliphatic rings. The van der Waals surface area contributed by atoms with E-state index in [0.29, 0.717) is 17.9 Å². The van der Waals surface area contributed by atoms with Gasteiger partial charge in [-0.05, 0) is 24.8 Å². The second-order valence-corrected chi connectivity index (χ2v) is 4.91. The summed E-state index contributed by atoms with van der Waals surface area (Å²) < 4.78 is 4.93. The number of nitrogens with zero attached hydrogens (tertiary/aromatic N) is 1. The fourth-order valence-corrected chi connectivity index (χ4v) is 2.29. The van der Waals surface area contributed by atoms with E-state index in [1.807, 2.05) is 11.8 Å². The molecule has 1 aromatic heterocycles. The summed E-state index contributed by atoms with van der Waals surface area (Å²) in [4.78, 5) is 25.1. The maximum absolute atomic E-state index is 12.1. The Labute approximate surface area is 113 Å². The van der Waals surface area contributed by atoms with Crippen molar-refractivity contribution in [2.24, 2.45) is 5.92 Å². The van der Waals surface area contributed by atoms with Gasteiger partial charge in [0.2, 0.25) is 5.91 Å². The summed E-state index contributed by atoms with van der Waals surface area (Å²) in [6, 6.07) is 1.69. The third-order valence-electron chi connectivity index (χ3n) is 3.58. The highest BCUT2D eigenvalue weighted by Crippen LogP contribution is 2.18. The maximum atomic E-state index is 12.1. The van der Waals surface area contributed by atoms with Crippen molar-refractivity contribution in [1.29, 1.82) is 0 Å². The van der Waals surface area contributed by atoms with Crippen molar-refractivity contribution in [2.45, 2.75) is 26.2 Å². The number of piperidine rings is 1. The number of furan rings is 1. The average molecular weight is 264 g/mol. The molecule has 1 aliphatic heterocycles. The molecule has 5 heteroatoms. The predicted molar refractivity (Wildman–Crippen MR) is 70.6 cm³/mol. The van der Waals surface area contributed by atoms with Gasteiger partial charge in [-0.3, -0.25) is 9.59 Å². The van der Waals surface area contributed by atoms with Gasteiger partial charge in [-0.25, -0.2) is 0 Å². The normalized spacial score (nSPS) is 16.4. The van der Waals surface area contributed by atoms with Crippen LogP contribution in [0.2, 0.25) is 0 Å². The maximum Gasteiger partial charge on any atom is 0.257 e. The molecule has 5 nitrogen and oxygen atoms in total. The minimum Gasteiger partial charge on any atom is -0.472 e. The molecular formula is C14H20N2O3. The number of hydrogen-bond donors (Lipinski definition) is 1. The Bertz CT molecular complexity index is 420. The van der Waals surface area contributed by atoms with E-state index in [1.54, 1.807) is 6.07 Å². The number of nitrogens with one attached hydrogen (secondary N) is 1. The van der Waals surface area contributed by atoms with Gasteiger partial charge < -0.3 is 14.6 Å². The van der Waals surface area contributed by atoms with Gasteiger partial charge >= 0.3 is 0 Å². The third kappa shape index (κ3) is 3.59. The van der Waals surface area contributed by atoms with Crippen LogP contribution in [0.25, 0.3) is 0 Å². The van der Waals surface area contributed by atoms with E-state index in [9.17, 15) is 9.59 Å². The van der Waals surface area contributed by atoms with Gasteiger partial charge in [-0.2, -0.15) is 0 Å². The molecule has 2 amide bonds. The molecule has 0 radical (unpaired) electrons. The summed E-state index contributed by atoms with van der Waals surface area (Å²) in [5.41, 5.74) is 0.609. The van der Waals surface area contributed by atoms with Gasteiger partial charge in [0, 0.05) is 26.1 Å². The van der Waals surface area contributed by atoms with Crippen LogP contribution in [0.1, 0.15) is 36.5 Å². The first-order valence-corrected chi connectivity index (χ1v) is 6.79. The highest BCUT2D eigenvalue weighted by Gasteiger charge is 2.24. The topological polar surface area (TPSA) is 62.6 Å². The Morgan fingerprint density at radius 2 is 2.16 bits per heavy atom. The zero-order valence-electron chi connectivity index (χ0n) is 11.2. The molecule has 0 aliphatic carbocycles. The molecule has 1 aromatic rings. The molecule has 0 saturated carbocycles. The van der Waals surface area contributed by atoms with E-state index in [-0.39, 0.29) is 11.8 Å². The summed E-state index contributed by atoms with van der Waals surface area (Å²) in [5, 5.41) is 2.92. The highest BCUT2D eigenvalue weighted by atomic mass is 16.3. The lowest BCUT2D eigenvalue weighted by Gasteiger charge is -2.31. The van der Waals surface area contributed by atoms with Crippen LogP contribution in [0.3, 0.4) is 0 Å². The standard InChI is InChI=1S/C14H20N2O3/c1-2-13(17)15-9-11-3-6-16(7-4-11)14(18)12-5-8-19-10-12/h5,8,10-11H,2-4,6-7,9H2,1H3,(H,15,17). The molecule has 0 aromatic carbocycles. The Hall–Kier alpha value is -1.78. The minimum atomic E-state index is 0.0322. The Balaban J connectivity index is 1.76. The SMILES string of the molecule is CCC(=O)NCC1CCN(C(=O)c2ccoc2)CC1. The van der Waals surface area contributed by atoms with Crippen LogP contribution in [0, 0.1) is 5.92 Å². The zero-order chi connectivity index (χ0) is 13.7. The van der Waals surface area contributed by atoms with Crippen molar-refractivity contribution in [3.8, 4) is 0 Å². The van der Waals surface area contributed by atoms with Crippen LogP contribution in [-0.2, 0) is 4.79 Å². The van der Waals surface area contributed by atoms with Gasteiger partial charge in [0.05, 0.1) is 11.8 Å². The molecule has 0 atom stereocenters. The average Bonchev–Trinajstić information content (AvgIpc) is 2.98. The summed E-state index contributed by atoms with van der Waals surface area (Å²) in [6.45, 7) is 4.06. The summed E-state index contributed by atoms with van der Waals surface area (Å²) in [5.74, 6) is 0.602. The third-order valence-corrected chi connectivity index (χ3v) is 3.58. The molecule has 1 N–H and O–H groups in total. The van der Waals surface area contributed by atoms with Crippen LogP contribution in [-0.4, -0.2) is 36.3 Å². The molecule has 1 fully saturated rings. The van der Waals surface area contributed by atoms with Crippen molar-refractivity contribution in [2.75, 3.05) is 19.6 Å². The number of amides is 2. The molecule has 0 unspecified atom stereocenters. The molecule has 1 saturated heterocycles. The van der Waals surface area contributed by atoms with Crippen LogP contribution >= 0.6 is 0 Å². The molecular weight excluding hydrogens is 244 g/mol. The number of hydrogen-bond acceptors (Lipinski definition) is 3. The number of carbonyl (C=O) groups excluding carboxylic acids is 2. The lowest BCUT2D eigenvalue weighted by atomic mass is 9.96. The Kier molecular flexibility index (Phi) is 4.60. The van der Waals surface area contributed by atoms with E-state index >= 15 is 0 Å². The summed E-state index contributed by atoms with van der Waals surface area (Å²) in [6.07, 6.45) is 5.40. The van der Waals surface area contributed by atoms with E-state index in [0.717, 1.165) is 32.5 Å². The summed E-state index contributed by atoms with van der Waals surface area (Å²) >= 11 is 0. The lowest BCUT2D eigenvalue weighted by molar-refractivity contribution is -0.121. The van der Waals surface area contributed by atoms with Crippen molar-refractivity contribution in [3.63, 3.8) is 0 Å². The predicted octanol–water partition coefficient (Wildman–Crippen LogP) is 1.66. The molecule has 2 heterocycles. The molecule has 19 heavy (non-hydrogen) atoms. The van der Waals surface area contributed by atoms with Crippen LogP contribution in [0.15, 0.2) is 23.0 Å².